The van der Waals surface area contributed by atoms with Gasteiger partial charge in [-0.2, -0.15) is 0 Å². The Morgan fingerprint density at radius 2 is 1.51 bits per heavy atom. The number of carbonyl (C=O) groups is 1. The molecule has 0 aliphatic carbocycles. The number of anilines is 1. The number of halogens is 2. The lowest BCUT2D eigenvalue weighted by molar-refractivity contribution is 0.0331. The molecule has 246 valence electrons. The predicted molar refractivity (Wildman–Crippen MR) is 183 cm³/mol. The van der Waals surface area contributed by atoms with Crippen molar-refractivity contribution in [2.45, 2.75) is 77.9 Å². The molecule has 3 aromatic rings. The van der Waals surface area contributed by atoms with Crippen LogP contribution in [0.1, 0.15) is 71.1 Å². The van der Waals surface area contributed by atoms with Gasteiger partial charge in [-0.15, -0.1) is 0 Å². The molecule has 0 atom stereocenters. The van der Waals surface area contributed by atoms with Crippen LogP contribution in [0.25, 0.3) is 10.9 Å². The van der Waals surface area contributed by atoms with Gasteiger partial charge < -0.3 is 19.1 Å². The lowest BCUT2D eigenvalue weighted by atomic mass is 10.1. The number of piperazine rings is 1. The van der Waals surface area contributed by atoms with E-state index in [1.165, 1.54) is 42.7 Å². The Morgan fingerprint density at radius 1 is 0.800 bits per heavy atom. The Kier molecular flexibility index (Phi) is 14.7. The first-order valence-electron chi connectivity index (χ1n) is 16.4. The molecule has 0 saturated carbocycles. The molecular formula is C35H47Cl2N3O5. The van der Waals surface area contributed by atoms with Crippen molar-refractivity contribution in [2.75, 3.05) is 50.8 Å². The maximum absolute atomic E-state index is 12.6. The number of ether oxygens (including phenoxy) is 3. The minimum atomic E-state index is -0.760. The number of hydrogen-bond donors (Lipinski definition) is 0. The van der Waals surface area contributed by atoms with E-state index >= 15 is 0 Å². The first-order valence-corrected chi connectivity index (χ1v) is 17.2. The van der Waals surface area contributed by atoms with Crippen molar-refractivity contribution in [2.24, 2.45) is 0 Å². The van der Waals surface area contributed by atoms with Crippen LogP contribution in [-0.2, 0) is 16.2 Å². The van der Waals surface area contributed by atoms with Crippen LogP contribution in [-0.4, -0.2) is 61.6 Å². The number of carbonyl (C=O) groups excluding carboxylic acids is 1. The lowest BCUT2D eigenvalue weighted by Crippen LogP contribution is -2.46. The average molecular weight is 661 g/mol. The van der Waals surface area contributed by atoms with E-state index in [2.05, 4.69) is 16.7 Å². The molecule has 1 aliphatic rings. The Bertz CT molecular complexity index is 1410. The van der Waals surface area contributed by atoms with Crippen molar-refractivity contribution in [1.29, 1.82) is 0 Å². The molecule has 1 fully saturated rings. The van der Waals surface area contributed by atoms with E-state index in [4.69, 9.17) is 37.4 Å². The fourth-order valence-electron chi connectivity index (χ4n) is 5.62. The van der Waals surface area contributed by atoms with Crippen LogP contribution >= 0.6 is 23.2 Å². The van der Waals surface area contributed by atoms with Gasteiger partial charge in [-0.25, -0.2) is 4.79 Å². The number of benzene rings is 2. The predicted octanol–water partition coefficient (Wildman–Crippen LogP) is 8.54. The third kappa shape index (κ3) is 11.1. The zero-order chi connectivity index (χ0) is 31.9. The fraction of sp³-hybridized carbons (Fsp3) is 0.543. The normalized spacial score (nSPS) is 13.7. The highest BCUT2D eigenvalue weighted by Crippen LogP contribution is 2.33. The lowest BCUT2D eigenvalue weighted by Gasteiger charge is -2.36. The molecule has 10 heteroatoms. The van der Waals surface area contributed by atoms with E-state index in [1.807, 2.05) is 36.4 Å². The molecule has 0 unspecified atom stereocenters. The summed E-state index contributed by atoms with van der Waals surface area (Å²) in [6.07, 6.45) is 10.5. The second kappa shape index (κ2) is 18.9. The summed E-state index contributed by atoms with van der Waals surface area (Å²) in [5.41, 5.74) is 1.39. The zero-order valence-electron chi connectivity index (χ0n) is 26.5. The van der Waals surface area contributed by atoms with E-state index in [1.54, 1.807) is 6.07 Å². The quantitative estimate of drug-likeness (QED) is 0.100. The second-order valence-electron chi connectivity index (χ2n) is 11.6. The SMILES string of the molecule is CCCCCCCCCCOC(=O)OCn1c(=O)ccc2ccc(OCCCCN3CCN(c4cccc(Cl)c4Cl)CC3)cc21. The van der Waals surface area contributed by atoms with Gasteiger partial charge >= 0.3 is 6.16 Å². The first-order chi connectivity index (χ1) is 22.0. The Morgan fingerprint density at radius 3 is 2.29 bits per heavy atom. The summed E-state index contributed by atoms with van der Waals surface area (Å²) < 4.78 is 18.0. The summed E-state index contributed by atoms with van der Waals surface area (Å²) in [5, 5.41) is 2.06. The van der Waals surface area contributed by atoms with E-state index in [-0.39, 0.29) is 12.3 Å². The van der Waals surface area contributed by atoms with Crippen LogP contribution in [0.3, 0.4) is 0 Å². The monoisotopic (exact) mass is 659 g/mol. The summed E-state index contributed by atoms with van der Waals surface area (Å²) in [7, 11) is 0. The van der Waals surface area contributed by atoms with Gasteiger partial charge in [0.15, 0.2) is 6.73 Å². The van der Waals surface area contributed by atoms with Gasteiger partial charge in [0.2, 0.25) is 0 Å². The Hall–Kier alpha value is -2.94. The molecule has 1 aliphatic heterocycles. The van der Waals surface area contributed by atoms with Crippen LogP contribution in [0.4, 0.5) is 10.5 Å². The van der Waals surface area contributed by atoms with Gasteiger partial charge in [-0.3, -0.25) is 14.3 Å². The Balaban J connectivity index is 1.15. The van der Waals surface area contributed by atoms with E-state index in [9.17, 15) is 9.59 Å². The third-order valence-corrected chi connectivity index (χ3v) is 9.08. The maximum Gasteiger partial charge on any atom is 0.510 e. The van der Waals surface area contributed by atoms with Crippen molar-refractivity contribution in [3.05, 3.63) is 68.9 Å². The molecular weight excluding hydrogens is 613 g/mol. The summed E-state index contributed by atoms with van der Waals surface area (Å²) in [4.78, 5) is 29.6. The largest absolute Gasteiger partial charge is 0.510 e. The number of nitrogens with zero attached hydrogens (tertiary/aromatic N) is 3. The highest BCUT2D eigenvalue weighted by molar-refractivity contribution is 6.43. The number of unbranched alkanes of at least 4 members (excludes halogenated alkanes) is 8. The first kappa shape index (κ1) is 34.9. The molecule has 2 aromatic carbocycles. The van der Waals surface area contributed by atoms with Crippen LogP contribution in [0, 0.1) is 0 Å². The maximum atomic E-state index is 12.6. The number of aromatic nitrogens is 1. The molecule has 45 heavy (non-hydrogen) atoms. The molecule has 1 saturated heterocycles. The minimum absolute atomic E-state index is 0.216. The third-order valence-electron chi connectivity index (χ3n) is 8.28. The van der Waals surface area contributed by atoms with Crippen molar-refractivity contribution >= 4 is 45.9 Å². The molecule has 0 spiro atoms. The number of pyridine rings is 1. The summed E-state index contributed by atoms with van der Waals surface area (Å²) in [6.45, 7) is 7.67. The van der Waals surface area contributed by atoms with E-state index in [0.717, 1.165) is 75.9 Å². The molecule has 2 heterocycles. The standard InChI is InChI=1S/C35H47Cl2N3O5/c1-2-3-4-5-6-7-8-10-25-44-35(42)45-27-40-32-26-29(17-15-28(32)16-18-33(40)41)43-24-11-9-19-38-20-22-39(23-21-38)31-14-12-13-30(36)34(31)37/h12-18,26H,2-11,19-25,27H2,1H3. The molecule has 0 bridgehead atoms. The topological polar surface area (TPSA) is 73.2 Å². The molecule has 1 aromatic heterocycles. The van der Waals surface area contributed by atoms with Crippen LogP contribution in [0.5, 0.6) is 5.75 Å². The molecule has 0 radical (unpaired) electrons. The van der Waals surface area contributed by atoms with Gasteiger partial charge in [-0.1, -0.05) is 81.1 Å². The van der Waals surface area contributed by atoms with Crippen molar-refractivity contribution in [3.63, 3.8) is 0 Å². The Labute approximate surface area is 277 Å². The second-order valence-corrected chi connectivity index (χ2v) is 12.4. The van der Waals surface area contributed by atoms with Crippen molar-refractivity contribution in [1.82, 2.24) is 9.47 Å². The van der Waals surface area contributed by atoms with Gasteiger partial charge in [0.05, 0.1) is 34.5 Å². The summed E-state index contributed by atoms with van der Waals surface area (Å²) >= 11 is 12.6. The van der Waals surface area contributed by atoms with Gasteiger partial charge in [0, 0.05) is 38.3 Å². The van der Waals surface area contributed by atoms with E-state index < -0.39 is 6.16 Å². The number of rotatable bonds is 18. The van der Waals surface area contributed by atoms with Crippen LogP contribution in [0.2, 0.25) is 10.0 Å². The highest BCUT2D eigenvalue weighted by Gasteiger charge is 2.19. The van der Waals surface area contributed by atoms with Gasteiger partial charge in [-0.05, 0) is 61.5 Å². The van der Waals surface area contributed by atoms with E-state index in [0.29, 0.717) is 34.5 Å². The number of fused-ring (bicyclic) bond motifs is 1. The highest BCUT2D eigenvalue weighted by atomic mass is 35.5. The molecule has 0 amide bonds. The smallest absolute Gasteiger partial charge is 0.494 e. The summed E-state index contributed by atoms with van der Waals surface area (Å²) in [6, 6.07) is 14.6. The number of hydrogen-bond acceptors (Lipinski definition) is 7. The summed E-state index contributed by atoms with van der Waals surface area (Å²) in [5.74, 6) is 0.672. The molecule has 4 rings (SSSR count). The average Bonchev–Trinajstić information content (AvgIpc) is 3.05. The van der Waals surface area contributed by atoms with Gasteiger partial charge in [0.25, 0.3) is 5.56 Å². The van der Waals surface area contributed by atoms with Crippen molar-refractivity contribution in [3.8, 4) is 5.75 Å². The molecule has 8 nitrogen and oxygen atoms in total. The molecule has 0 N–H and O–H groups in total. The van der Waals surface area contributed by atoms with Crippen LogP contribution in [0.15, 0.2) is 53.3 Å². The minimum Gasteiger partial charge on any atom is -0.494 e. The van der Waals surface area contributed by atoms with Gasteiger partial charge in [0.1, 0.15) is 5.75 Å². The fourth-order valence-corrected chi connectivity index (χ4v) is 6.03. The van der Waals surface area contributed by atoms with Crippen molar-refractivity contribution < 1.29 is 19.0 Å². The van der Waals surface area contributed by atoms with Crippen LogP contribution < -0.4 is 15.2 Å². The zero-order valence-corrected chi connectivity index (χ0v) is 28.0.